The first-order valence-corrected chi connectivity index (χ1v) is 9.34. The predicted molar refractivity (Wildman–Crippen MR) is 101 cm³/mol. The smallest absolute Gasteiger partial charge is 0.407 e. The molecule has 1 fully saturated rings. The second-order valence-corrected chi connectivity index (χ2v) is 7.91. The lowest BCUT2D eigenvalue weighted by molar-refractivity contribution is 0.0456. The Hall–Kier alpha value is -2.28. The van der Waals surface area contributed by atoms with Crippen molar-refractivity contribution in [1.82, 2.24) is 10.6 Å². The molecule has 0 aliphatic heterocycles. The van der Waals surface area contributed by atoms with Crippen molar-refractivity contribution in [3.05, 3.63) is 35.9 Å². The molecule has 3 atom stereocenters. The fraction of sp³-hybridized carbons (Fsp3) is 0.600. The summed E-state index contributed by atoms with van der Waals surface area (Å²) < 4.78 is 10.5. The van der Waals surface area contributed by atoms with Crippen LogP contribution in [-0.2, 0) is 16.1 Å². The van der Waals surface area contributed by atoms with E-state index in [2.05, 4.69) is 10.6 Å². The molecule has 0 radical (unpaired) electrons. The molecule has 1 aromatic carbocycles. The van der Waals surface area contributed by atoms with Crippen LogP contribution in [0, 0.1) is 5.92 Å². The van der Waals surface area contributed by atoms with E-state index in [0.29, 0.717) is 19.3 Å². The van der Waals surface area contributed by atoms with E-state index < -0.39 is 17.8 Å². The SMILES string of the molecule is CC(C)(C)OC(=O)NC1CC[C@H](NC(=O)OCc2ccccc2)C(CO)C1. The van der Waals surface area contributed by atoms with Crippen LogP contribution in [0.5, 0.6) is 0 Å². The number of nitrogens with one attached hydrogen (secondary N) is 2. The van der Waals surface area contributed by atoms with Gasteiger partial charge in [0.25, 0.3) is 0 Å². The summed E-state index contributed by atoms with van der Waals surface area (Å²) in [5.74, 6) is -0.150. The van der Waals surface area contributed by atoms with Crippen molar-refractivity contribution in [2.75, 3.05) is 6.61 Å². The highest BCUT2D eigenvalue weighted by atomic mass is 16.6. The molecule has 1 saturated carbocycles. The fourth-order valence-electron chi connectivity index (χ4n) is 3.18. The summed E-state index contributed by atoms with van der Waals surface area (Å²) in [4.78, 5) is 24.0. The number of aliphatic hydroxyl groups excluding tert-OH is 1. The number of ether oxygens (including phenoxy) is 2. The number of carbonyl (C=O) groups excluding carboxylic acids is 2. The number of aliphatic hydroxyl groups is 1. The van der Waals surface area contributed by atoms with E-state index in [-0.39, 0.29) is 31.2 Å². The third kappa shape index (κ3) is 7.46. The van der Waals surface area contributed by atoms with Gasteiger partial charge in [-0.2, -0.15) is 0 Å². The zero-order valence-corrected chi connectivity index (χ0v) is 16.2. The van der Waals surface area contributed by atoms with Crippen LogP contribution in [0.15, 0.2) is 30.3 Å². The van der Waals surface area contributed by atoms with E-state index >= 15 is 0 Å². The van der Waals surface area contributed by atoms with E-state index in [1.165, 1.54) is 0 Å². The predicted octanol–water partition coefficient (Wildman–Crippen LogP) is 2.97. The van der Waals surface area contributed by atoms with Crippen molar-refractivity contribution in [3.63, 3.8) is 0 Å². The van der Waals surface area contributed by atoms with Gasteiger partial charge in [-0.25, -0.2) is 9.59 Å². The molecule has 1 aliphatic carbocycles. The van der Waals surface area contributed by atoms with Gasteiger partial charge in [-0.15, -0.1) is 0 Å². The first-order valence-electron chi connectivity index (χ1n) is 9.34. The fourth-order valence-corrected chi connectivity index (χ4v) is 3.18. The summed E-state index contributed by atoms with van der Waals surface area (Å²) in [6, 6.07) is 9.17. The second kappa shape index (κ2) is 9.60. The van der Waals surface area contributed by atoms with Crippen molar-refractivity contribution in [2.24, 2.45) is 5.92 Å². The molecule has 0 bridgehead atoms. The summed E-state index contributed by atoms with van der Waals surface area (Å²) >= 11 is 0. The maximum Gasteiger partial charge on any atom is 0.407 e. The third-order valence-electron chi connectivity index (χ3n) is 4.45. The molecule has 3 N–H and O–H groups in total. The third-order valence-corrected chi connectivity index (χ3v) is 4.45. The molecule has 2 unspecified atom stereocenters. The van der Waals surface area contributed by atoms with Gasteiger partial charge in [-0.05, 0) is 45.6 Å². The number of carbonyl (C=O) groups is 2. The van der Waals surface area contributed by atoms with Gasteiger partial charge in [0.2, 0.25) is 0 Å². The summed E-state index contributed by atoms with van der Waals surface area (Å²) in [6.45, 7) is 5.56. The summed E-state index contributed by atoms with van der Waals surface area (Å²) in [7, 11) is 0. The number of amides is 2. The molecule has 0 spiro atoms. The Morgan fingerprint density at radius 2 is 1.81 bits per heavy atom. The number of rotatable bonds is 5. The largest absolute Gasteiger partial charge is 0.445 e. The van der Waals surface area contributed by atoms with Crippen LogP contribution in [0.25, 0.3) is 0 Å². The lowest BCUT2D eigenvalue weighted by Crippen LogP contribution is -2.50. The van der Waals surface area contributed by atoms with Gasteiger partial charge >= 0.3 is 12.2 Å². The van der Waals surface area contributed by atoms with Crippen molar-refractivity contribution in [3.8, 4) is 0 Å². The van der Waals surface area contributed by atoms with E-state index in [1.54, 1.807) is 0 Å². The van der Waals surface area contributed by atoms with Crippen LogP contribution in [0.3, 0.4) is 0 Å². The summed E-state index contributed by atoms with van der Waals surface area (Å²) in [5.41, 5.74) is 0.360. The van der Waals surface area contributed by atoms with E-state index in [0.717, 1.165) is 5.56 Å². The quantitative estimate of drug-likeness (QED) is 0.732. The molecule has 1 aromatic rings. The Labute approximate surface area is 160 Å². The Morgan fingerprint density at radius 3 is 2.44 bits per heavy atom. The molecule has 1 aliphatic rings. The molecular weight excluding hydrogens is 348 g/mol. The zero-order chi connectivity index (χ0) is 19.9. The number of hydrogen-bond acceptors (Lipinski definition) is 5. The van der Waals surface area contributed by atoms with Gasteiger partial charge in [-0.1, -0.05) is 30.3 Å². The average molecular weight is 378 g/mol. The van der Waals surface area contributed by atoms with Crippen LogP contribution in [0.1, 0.15) is 45.6 Å². The minimum Gasteiger partial charge on any atom is -0.445 e. The van der Waals surface area contributed by atoms with Crippen molar-refractivity contribution >= 4 is 12.2 Å². The van der Waals surface area contributed by atoms with Gasteiger partial charge in [0.05, 0.1) is 0 Å². The topological polar surface area (TPSA) is 96.9 Å². The minimum atomic E-state index is -0.554. The summed E-state index contributed by atoms with van der Waals surface area (Å²) in [6.07, 6.45) is 0.948. The van der Waals surface area contributed by atoms with Gasteiger partial charge in [0.15, 0.2) is 0 Å². The Bertz CT molecular complexity index is 615. The highest BCUT2D eigenvalue weighted by molar-refractivity contribution is 5.68. The molecular formula is C20H30N2O5. The van der Waals surface area contributed by atoms with Gasteiger partial charge in [0, 0.05) is 24.6 Å². The van der Waals surface area contributed by atoms with E-state index in [4.69, 9.17) is 9.47 Å². The van der Waals surface area contributed by atoms with Crippen LogP contribution >= 0.6 is 0 Å². The highest BCUT2D eigenvalue weighted by Crippen LogP contribution is 2.25. The number of alkyl carbamates (subject to hydrolysis) is 2. The maximum absolute atomic E-state index is 12.1. The molecule has 27 heavy (non-hydrogen) atoms. The molecule has 2 amide bonds. The monoisotopic (exact) mass is 378 g/mol. The van der Waals surface area contributed by atoms with E-state index in [1.807, 2.05) is 51.1 Å². The molecule has 0 saturated heterocycles. The molecule has 2 rings (SSSR count). The molecule has 0 heterocycles. The first kappa shape index (κ1) is 21.0. The number of benzene rings is 1. The molecule has 7 nitrogen and oxygen atoms in total. The standard InChI is InChI=1S/C20H30N2O5/c1-20(2,3)27-19(25)21-16-9-10-17(15(11-16)12-23)22-18(24)26-13-14-7-5-4-6-8-14/h4-8,15-17,23H,9-13H2,1-3H3,(H,21,25)(H,22,24)/t15?,16?,17-/m0/s1. The molecule has 7 heteroatoms. The van der Waals surface area contributed by atoms with Crippen LogP contribution in [0.4, 0.5) is 9.59 Å². The highest BCUT2D eigenvalue weighted by Gasteiger charge is 2.33. The average Bonchev–Trinajstić information content (AvgIpc) is 2.60. The van der Waals surface area contributed by atoms with Crippen molar-refractivity contribution in [1.29, 1.82) is 0 Å². The Morgan fingerprint density at radius 1 is 1.11 bits per heavy atom. The van der Waals surface area contributed by atoms with Crippen molar-refractivity contribution in [2.45, 2.75) is 64.3 Å². The van der Waals surface area contributed by atoms with Crippen LogP contribution < -0.4 is 10.6 Å². The van der Waals surface area contributed by atoms with Crippen molar-refractivity contribution < 1.29 is 24.2 Å². The van der Waals surface area contributed by atoms with Gasteiger partial charge < -0.3 is 25.2 Å². The van der Waals surface area contributed by atoms with Crippen LogP contribution in [-0.4, -0.2) is 41.6 Å². The first-order chi connectivity index (χ1) is 12.8. The van der Waals surface area contributed by atoms with Gasteiger partial charge in [-0.3, -0.25) is 0 Å². The minimum absolute atomic E-state index is 0.0733. The van der Waals surface area contributed by atoms with E-state index in [9.17, 15) is 14.7 Å². The normalized spacial score (nSPS) is 22.6. The lowest BCUT2D eigenvalue weighted by Gasteiger charge is -2.36. The van der Waals surface area contributed by atoms with Gasteiger partial charge in [0.1, 0.15) is 12.2 Å². The summed E-state index contributed by atoms with van der Waals surface area (Å²) in [5, 5.41) is 15.4. The second-order valence-electron chi connectivity index (χ2n) is 7.91. The lowest BCUT2D eigenvalue weighted by atomic mass is 9.82. The Balaban J connectivity index is 1.78. The maximum atomic E-state index is 12.1. The number of hydrogen-bond donors (Lipinski definition) is 3. The molecule has 150 valence electrons. The molecule has 0 aromatic heterocycles. The van der Waals surface area contributed by atoms with Crippen LogP contribution in [0.2, 0.25) is 0 Å². The Kier molecular flexibility index (Phi) is 7.47. The zero-order valence-electron chi connectivity index (χ0n) is 16.2.